The van der Waals surface area contributed by atoms with Crippen molar-refractivity contribution in [3.8, 4) is 11.5 Å². The number of nitrogens with one attached hydrogen (secondary N) is 1. The van der Waals surface area contributed by atoms with Gasteiger partial charge in [-0.2, -0.15) is 0 Å². The van der Waals surface area contributed by atoms with Gasteiger partial charge in [-0.25, -0.2) is 9.78 Å². The van der Waals surface area contributed by atoms with E-state index >= 15 is 0 Å². The normalized spacial score (nSPS) is 11.4. The van der Waals surface area contributed by atoms with E-state index in [2.05, 4.69) is 9.97 Å². The zero-order valence-electron chi connectivity index (χ0n) is 12.9. The van der Waals surface area contributed by atoms with Crippen LogP contribution in [-0.4, -0.2) is 28.2 Å². The van der Waals surface area contributed by atoms with Crippen LogP contribution in [0.25, 0.3) is 33.3 Å². The molecule has 2 N–H and O–H groups in total. The lowest BCUT2D eigenvalue weighted by Gasteiger charge is -2.02. The molecule has 6 nitrogen and oxygen atoms in total. The van der Waals surface area contributed by atoms with Crippen LogP contribution in [0.2, 0.25) is 0 Å². The number of aromatic carboxylic acids is 1. The molecular formula is C18H14N2O4. The quantitative estimate of drug-likeness (QED) is 0.596. The second-order valence-corrected chi connectivity index (χ2v) is 5.45. The van der Waals surface area contributed by atoms with Gasteiger partial charge in [0.2, 0.25) is 0 Å². The van der Waals surface area contributed by atoms with E-state index in [1.165, 1.54) is 0 Å². The summed E-state index contributed by atoms with van der Waals surface area (Å²) < 4.78 is 10.8. The van der Waals surface area contributed by atoms with Gasteiger partial charge in [0.05, 0.1) is 5.52 Å². The van der Waals surface area contributed by atoms with E-state index in [1.807, 2.05) is 24.3 Å². The average molecular weight is 322 g/mol. The van der Waals surface area contributed by atoms with Crippen LogP contribution in [0.5, 0.6) is 0 Å². The number of benzene rings is 1. The Morgan fingerprint density at radius 3 is 2.88 bits per heavy atom. The summed E-state index contributed by atoms with van der Waals surface area (Å²) in [5, 5.41) is 11.1. The topological polar surface area (TPSA) is 88.4 Å². The van der Waals surface area contributed by atoms with Crippen LogP contribution in [-0.2, 0) is 11.3 Å². The minimum absolute atomic E-state index is 0.0213. The first-order chi connectivity index (χ1) is 11.7. The Kier molecular flexibility index (Phi) is 3.32. The number of nitrogens with zero attached hydrogens (tertiary/aromatic N) is 1. The van der Waals surface area contributed by atoms with E-state index in [4.69, 9.17) is 9.15 Å². The summed E-state index contributed by atoms with van der Waals surface area (Å²) in [6.07, 6.45) is 0. The predicted molar refractivity (Wildman–Crippen MR) is 89.0 cm³/mol. The second kappa shape index (κ2) is 5.50. The molecule has 0 aliphatic carbocycles. The number of aromatic amines is 1. The fourth-order valence-corrected chi connectivity index (χ4v) is 2.86. The molecule has 0 aliphatic rings. The number of carboxylic acids is 1. The number of para-hydroxylation sites is 1. The third-order valence-electron chi connectivity index (χ3n) is 3.90. The number of H-pyrrole nitrogens is 1. The van der Waals surface area contributed by atoms with E-state index in [0.29, 0.717) is 23.8 Å². The van der Waals surface area contributed by atoms with Crippen LogP contribution < -0.4 is 0 Å². The largest absolute Gasteiger partial charge is 0.477 e. The molecule has 0 amide bonds. The fraction of sp³-hybridized carbons (Fsp3) is 0.111. The molecule has 0 aliphatic heterocycles. The molecule has 0 unspecified atom stereocenters. The average Bonchev–Trinajstić information content (AvgIpc) is 3.18. The lowest BCUT2D eigenvalue weighted by atomic mass is 10.1. The van der Waals surface area contributed by atoms with Crippen LogP contribution in [0.3, 0.4) is 0 Å². The summed E-state index contributed by atoms with van der Waals surface area (Å²) in [5.74, 6) is 0.0769. The van der Waals surface area contributed by atoms with Crippen molar-refractivity contribution in [2.75, 3.05) is 7.11 Å². The smallest absolute Gasteiger partial charge is 0.354 e. The van der Waals surface area contributed by atoms with Gasteiger partial charge in [0.1, 0.15) is 23.8 Å². The molecule has 0 atom stereocenters. The maximum Gasteiger partial charge on any atom is 0.354 e. The number of rotatable bonds is 4. The first kappa shape index (κ1) is 14.5. The number of aromatic nitrogens is 2. The maximum absolute atomic E-state index is 11.5. The van der Waals surface area contributed by atoms with E-state index in [0.717, 1.165) is 21.8 Å². The number of ether oxygens (including phenoxy) is 1. The number of pyridine rings is 1. The second-order valence-electron chi connectivity index (χ2n) is 5.45. The Labute approximate surface area is 136 Å². The third kappa shape index (κ3) is 2.24. The molecule has 0 radical (unpaired) electrons. The first-order valence-electron chi connectivity index (χ1n) is 7.40. The molecule has 0 saturated heterocycles. The molecule has 6 heteroatoms. The van der Waals surface area contributed by atoms with Crippen molar-refractivity contribution in [3.63, 3.8) is 0 Å². The summed E-state index contributed by atoms with van der Waals surface area (Å²) in [6.45, 7) is 0.342. The number of methoxy groups -OCH3 is 1. The summed E-state index contributed by atoms with van der Waals surface area (Å²) in [7, 11) is 1.58. The van der Waals surface area contributed by atoms with Gasteiger partial charge in [-0.3, -0.25) is 0 Å². The Bertz CT molecular complexity index is 1060. The minimum Gasteiger partial charge on any atom is -0.477 e. The van der Waals surface area contributed by atoms with Gasteiger partial charge in [0.25, 0.3) is 0 Å². The monoisotopic (exact) mass is 322 g/mol. The number of furan rings is 1. The predicted octanol–water partition coefficient (Wildman–Crippen LogP) is 3.82. The van der Waals surface area contributed by atoms with Crippen LogP contribution in [0.1, 0.15) is 16.2 Å². The van der Waals surface area contributed by atoms with Crippen LogP contribution in [0, 0.1) is 0 Å². The lowest BCUT2D eigenvalue weighted by molar-refractivity contribution is 0.0691. The van der Waals surface area contributed by atoms with Gasteiger partial charge in [0.15, 0.2) is 5.76 Å². The molecule has 0 saturated carbocycles. The lowest BCUT2D eigenvalue weighted by Crippen LogP contribution is -2.01. The Morgan fingerprint density at radius 1 is 1.25 bits per heavy atom. The number of carbonyl (C=O) groups is 1. The summed E-state index contributed by atoms with van der Waals surface area (Å²) in [4.78, 5) is 19.1. The van der Waals surface area contributed by atoms with Crippen LogP contribution >= 0.6 is 0 Å². The highest BCUT2D eigenvalue weighted by atomic mass is 16.5. The van der Waals surface area contributed by atoms with Crippen LogP contribution in [0.15, 0.2) is 46.9 Å². The minimum atomic E-state index is -1.08. The zero-order valence-corrected chi connectivity index (χ0v) is 12.9. The van der Waals surface area contributed by atoms with Crippen molar-refractivity contribution in [2.24, 2.45) is 0 Å². The molecule has 1 aromatic carbocycles. The van der Waals surface area contributed by atoms with Gasteiger partial charge in [-0.1, -0.05) is 18.2 Å². The number of carboxylic acid groups (broad SMARTS) is 1. The molecule has 24 heavy (non-hydrogen) atoms. The first-order valence-corrected chi connectivity index (χ1v) is 7.40. The molecule has 3 aromatic heterocycles. The van der Waals surface area contributed by atoms with E-state index in [9.17, 15) is 9.90 Å². The highest BCUT2D eigenvalue weighted by molar-refractivity contribution is 6.12. The van der Waals surface area contributed by atoms with Gasteiger partial charge in [-0.15, -0.1) is 0 Å². The highest BCUT2D eigenvalue weighted by Crippen LogP contribution is 2.33. The van der Waals surface area contributed by atoms with Gasteiger partial charge >= 0.3 is 5.97 Å². The van der Waals surface area contributed by atoms with Crippen molar-refractivity contribution < 1.29 is 19.1 Å². The van der Waals surface area contributed by atoms with Gasteiger partial charge in [0, 0.05) is 23.4 Å². The number of hydrogen-bond donors (Lipinski definition) is 2. The standard InChI is InChI=1S/C18H14N2O4/c1-23-9-10-6-7-15(24-10)17-16-12(8-14(20-17)18(21)22)11-4-2-3-5-13(11)19-16/h2-8,19H,9H2,1H3,(H,21,22). The van der Waals surface area contributed by atoms with Crippen molar-refractivity contribution in [3.05, 3.63) is 53.9 Å². The Balaban J connectivity index is 2.03. The molecule has 0 fully saturated rings. The summed E-state index contributed by atoms with van der Waals surface area (Å²) in [5.41, 5.74) is 2.12. The Morgan fingerprint density at radius 2 is 2.08 bits per heavy atom. The molecule has 0 spiro atoms. The number of fused-ring (bicyclic) bond motifs is 3. The van der Waals surface area contributed by atoms with E-state index in [1.54, 1.807) is 25.3 Å². The van der Waals surface area contributed by atoms with Crippen molar-refractivity contribution in [1.82, 2.24) is 9.97 Å². The highest BCUT2D eigenvalue weighted by Gasteiger charge is 2.18. The van der Waals surface area contributed by atoms with Crippen molar-refractivity contribution in [2.45, 2.75) is 6.61 Å². The van der Waals surface area contributed by atoms with Gasteiger partial charge in [-0.05, 0) is 24.3 Å². The summed E-state index contributed by atoms with van der Waals surface area (Å²) in [6, 6.07) is 12.9. The van der Waals surface area contributed by atoms with Gasteiger partial charge < -0.3 is 19.2 Å². The zero-order chi connectivity index (χ0) is 16.7. The Hall–Kier alpha value is -3.12. The molecule has 3 heterocycles. The summed E-state index contributed by atoms with van der Waals surface area (Å²) >= 11 is 0. The molecule has 0 bridgehead atoms. The van der Waals surface area contributed by atoms with E-state index < -0.39 is 5.97 Å². The molecule has 4 rings (SSSR count). The number of hydrogen-bond acceptors (Lipinski definition) is 4. The van der Waals surface area contributed by atoms with Crippen molar-refractivity contribution in [1.29, 1.82) is 0 Å². The van der Waals surface area contributed by atoms with Crippen molar-refractivity contribution >= 4 is 27.8 Å². The fourth-order valence-electron chi connectivity index (χ4n) is 2.86. The molecular weight excluding hydrogens is 308 g/mol. The SMILES string of the molecule is COCc1ccc(-c2nc(C(=O)O)cc3c2[nH]c2ccccc23)o1. The van der Waals surface area contributed by atoms with Crippen LogP contribution in [0.4, 0.5) is 0 Å². The molecule has 120 valence electrons. The third-order valence-corrected chi connectivity index (χ3v) is 3.90. The maximum atomic E-state index is 11.5. The van der Waals surface area contributed by atoms with E-state index in [-0.39, 0.29) is 5.69 Å². The molecule has 4 aromatic rings.